The zero-order valence-corrected chi connectivity index (χ0v) is 3.83. The molecule has 0 saturated heterocycles. The van der Waals surface area contributed by atoms with E-state index in [2.05, 4.69) is 10.2 Å². The molecule has 0 fully saturated rings. The Bertz CT molecular complexity index is 117. The highest BCUT2D eigenvalue weighted by molar-refractivity contribution is 5.05. The number of rotatable bonds is 1. The Morgan fingerprint density at radius 1 is 1.86 bits per heavy atom. The maximum Gasteiger partial charge on any atom is 0.0854 e. The molecule has 1 rings (SSSR count). The van der Waals surface area contributed by atoms with Crippen LogP contribution >= 0.6 is 0 Å². The molecule has 0 aromatic carbocycles. The Morgan fingerprint density at radius 3 is 3.00 bits per heavy atom. The van der Waals surface area contributed by atoms with Crippen LogP contribution in [0.4, 0.5) is 0 Å². The molecule has 0 radical (unpaired) electrons. The average molecular weight is 98.1 g/mol. The summed E-state index contributed by atoms with van der Waals surface area (Å²) < 4.78 is 0. The third kappa shape index (κ3) is 0.838. The summed E-state index contributed by atoms with van der Waals surface area (Å²) in [5.41, 5.74) is 0.889. The molecular weight excluding hydrogens is 92.1 g/mol. The van der Waals surface area contributed by atoms with Gasteiger partial charge in [0, 0.05) is 0 Å². The molecule has 7 heavy (non-hydrogen) atoms. The topological polar surface area (TPSA) is 45.0 Å². The lowest BCUT2D eigenvalue weighted by Gasteiger charge is -1.84. The molecule has 0 bridgehead atoms. The van der Waals surface area contributed by atoms with E-state index in [1.54, 1.807) is 6.20 Å². The van der Waals surface area contributed by atoms with E-state index in [1.807, 2.05) is 0 Å². The zero-order chi connectivity index (χ0) is 5.11. The van der Waals surface area contributed by atoms with Crippen LogP contribution in [-0.2, 0) is 0 Å². The average Bonchev–Trinajstić information content (AvgIpc) is 2.14. The standard InChI is InChI=1S/C4H6N2O/c7-3-4-1-5-6-2-4/h1,7H,2-3H2. The third-order valence-electron chi connectivity index (χ3n) is 0.799. The number of aliphatic hydroxyl groups is 1. The summed E-state index contributed by atoms with van der Waals surface area (Å²) in [6, 6.07) is 0. The monoisotopic (exact) mass is 98.0 g/mol. The smallest absolute Gasteiger partial charge is 0.0854 e. The van der Waals surface area contributed by atoms with Gasteiger partial charge in [0.25, 0.3) is 0 Å². The number of aliphatic hydroxyl groups excluding tert-OH is 1. The van der Waals surface area contributed by atoms with Gasteiger partial charge in [-0.3, -0.25) is 0 Å². The number of hydrogen-bond donors (Lipinski definition) is 1. The van der Waals surface area contributed by atoms with Crippen molar-refractivity contribution < 1.29 is 5.11 Å². The summed E-state index contributed by atoms with van der Waals surface area (Å²) in [6.07, 6.45) is 1.58. The summed E-state index contributed by atoms with van der Waals surface area (Å²) in [4.78, 5) is 0. The van der Waals surface area contributed by atoms with Crippen LogP contribution in [0.2, 0.25) is 0 Å². The van der Waals surface area contributed by atoms with Crippen LogP contribution in [0.5, 0.6) is 0 Å². The highest BCUT2D eigenvalue weighted by Gasteiger charge is 1.96. The Hall–Kier alpha value is -0.700. The first-order valence-electron chi connectivity index (χ1n) is 2.09. The third-order valence-corrected chi connectivity index (χ3v) is 0.799. The van der Waals surface area contributed by atoms with Gasteiger partial charge in [-0.2, -0.15) is 10.2 Å². The molecule has 1 aliphatic rings. The predicted molar refractivity (Wildman–Crippen MR) is 24.9 cm³/mol. The van der Waals surface area contributed by atoms with Crippen molar-refractivity contribution in [3.05, 3.63) is 11.8 Å². The molecule has 0 aromatic rings. The molecular formula is C4H6N2O. The molecule has 0 aliphatic carbocycles. The van der Waals surface area contributed by atoms with Crippen LogP contribution in [0.1, 0.15) is 0 Å². The van der Waals surface area contributed by atoms with E-state index >= 15 is 0 Å². The van der Waals surface area contributed by atoms with Gasteiger partial charge in [0.2, 0.25) is 0 Å². The Kier molecular flexibility index (Phi) is 1.17. The second kappa shape index (κ2) is 1.84. The molecule has 0 unspecified atom stereocenters. The van der Waals surface area contributed by atoms with Crippen LogP contribution in [0.15, 0.2) is 22.0 Å². The lowest BCUT2D eigenvalue weighted by atomic mass is 10.3. The van der Waals surface area contributed by atoms with E-state index in [9.17, 15) is 0 Å². The molecule has 1 heterocycles. The molecule has 0 spiro atoms. The number of hydrogen-bond acceptors (Lipinski definition) is 3. The molecule has 0 amide bonds. The van der Waals surface area contributed by atoms with Crippen LogP contribution in [0, 0.1) is 0 Å². The Morgan fingerprint density at radius 2 is 2.71 bits per heavy atom. The van der Waals surface area contributed by atoms with Gasteiger partial charge >= 0.3 is 0 Å². The van der Waals surface area contributed by atoms with Gasteiger partial charge in [-0.25, -0.2) is 0 Å². The summed E-state index contributed by atoms with van der Waals surface area (Å²) >= 11 is 0. The molecule has 38 valence electrons. The van der Waals surface area contributed by atoms with Gasteiger partial charge < -0.3 is 5.11 Å². The van der Waals surface area contributed by atoms with Crippen molar-refractivity contribution in [3.63, 3.8) is 0 Å². The maximum absolute atomic E-state index is 8.38. The molecule has 3 nitrogen and oxygen atoms in total. The molecule has 1 aliphatic heterocycles. The first-order chi connectivity index (χ1) is 3.43. The van der Waals surface area contributed by atoms with Gasteiger partial charge in [-0.15, -0.1) is 0 Å². The maximum atomic E-state index is 8.38. The van der Waals surface area contributed by atoms with E-state index in [-0.39, 0.29) is 6.61 Å². The minimum Gasteiger partial charge on any atom is -0.392 e. The molecule has 0 aromatic heterocycles. The Labute approximate surface area is 41.4 Å². The summed E-state index contributed by atoms with van der Waals surface area (Å²) in [6.45, 7) is 0.670. The fraction of sp³-hybridized carbons (Fsp3) is 0.500. The summed E-state index contributed by atoms with van der Waals surface area (Å²) in [7, 11) is 0. The van der Waals surface area contributed by atoms with Gasteiger partial charge in [-0.05, 0) is 5.57 Å². The first-order valence-corrected chi connectivity index (χ1v) is 2.09. The second-order valence-corrected chi connectivity index (χ2v) is 1.36. The van der Waals surface area contributed by atoms with Crippen molar-refractivity contribution in [2.45, 2.75) is 0 Å². The SMILES string of the molecule is OCC1=CN=NC1. The van der Waals surface area contributed by atoms with Crippen LogP contribution in [0.25, 0.3) is 0 Å². The van der Waals surface area contributed by atoms with E-state index in [4.69, 9.17) is 5.11 Å². The van der Waals surface area contributed by atoms with Crippen molar-refractivity contribution in [3.8, 4) is 0 Å². The van der Waals surface area contributed by atoms with Gasteiger partial charge in [-0.1, -0.05) is 0 Å². The van der Waals surface area contributed by atoms with Crippen molar-refractivity contribution in [1.29, 1.82) is 0 Å². The van der Waals surface area contributed by atoms with Gasteiger partial charge in [0.05, 0.1) is 19.4 Å². The number of nitrogens with zero attached hydrogens (tertiary/aromatic N) is 2. The molecule has 0 atom stereocenters. The normalized spacial score (nSPS) is 17.6. The van der Waals surface area contributed by atoms with E-state index in [0.717, 1.165) is 5.57 Å². The van der Waals surface area contributed by atoms with E-state index < -0.39 is 0 Å². The van der Waals surface area contributed by atoms with Crippen LogP contribution in [-0.4, -0.2) is 18.3 Å². The minimum atomic E-state index is 0.0903. The fourth-order valence-corrected chi connectivity index (χ4v) is 0.386. The first kappa shape index (κ1) is 4.46. The molecule has 0 saturated carbocycles. The van der Waals surface area contributed by atoms with Crippen LogP contribution < -0.4 is 0 Å². The fourth-order valence-electron chi connectivity index (χ4n) is 0.386. The Balaban J connectivity index is 2.45. The highest BCUT2D eigenvalue weighted by Crippen LogP contribution is 2.01. The second-order valence-electron chi connectivity index (χ2n) is 1.36. The minimum absolute atomic E-state index is 0.0903. The number of azo groups is 1. The lowest BCUT2D eigenvalue weighted by Crippen LogP contribution is -1.88. The van der Waals surface area contributed by atoms with Crippen molar-refractivity contribution in [2.75, 3.05) is 13.2 Å². The van der Waals surface area contributed by atoms with Gasteiger partial charge in [0.15, 0.2) is 0 Å². The summed E-state index contributed by atoms with van der Waals surface area (Å²) in [5, 5.41) is 15.5. The quantitative estimate of drug-likeness (QED) is 0.504. The van der Waals surface area contributed by atoms with Gasteiger partial charge in [0.1, 0.15) is 0 Å². The van der Waals surface area contributed by atoms with E-state index in [1.165, 1.54) is 0 Å². The zero-order valence-electron chi connectivity index (χ0n) is 3.83. The molecule has 3 heteroatoms. The predicted octanol–water partition coefficient (Wildman–Crippen LogP) is 0.328. The highest BCUT2D eigenvalue weighted by atomic mass is 16.3. The van der Waals surface area contributed by atoms with E-state index in [0.29, 0.717) is 6.54 Å². The lowest BCUT2D eigenvalue weighted by molar-refractivity contribution is 0.330. The largest absolute Gasteiger partial charge is 0.392 e. The molecule has 1 N–H and O–H groups in total. The van der Waals surface area contributed by atoms with Crippen molar-refractivity contribution in [2.24, 2.45) is 10.2 Å². The van der Waals surface area contributed by atoms with Crippen molar-refractivity contribution >= 4 is 0 Å². The summed E-state index contributed by atoms with van der Waals surface area (Å²) in [5.74, 6) is 0. The van der Waals surface area contributed by atoms with Crippen LogP contribution in [0.3, 0.4) is 0 Å². The van der Waals surface area contributed by atoms with Crippen molar-refractivity contribution in [1.82, 2.24) is 0 Å².